The van der Waals surface area contributed by atoms with Crippen LogP contribution in [0, 0.1) is 0 Å². The van der Waals surface area contributed by atoms with Crippen LogP contribution < -0.4 is 10.6 Å². The van der Waals surface area contributed by atoms with Crippen molar-refractivity contribution in [2.24, 2.45) is 0 Å². The van der Waals surface area contributed by atoms with Crippen molar-refractivity contribution in [3.05, 3.63) is 24.2 Å². The van der Waals surface area contributed by atoms with Gasteiger partial charge in [0.15, 0.2) is 5.11 Å². The Kier molecular flexibility index (Phi) is 4.57. The maximum absolute atomic E-state index is 10.2. The Morgan fingerprint density at radius 1 is 1.39 bits per heavy atom. The van der Waals surface area contributed by atoms with E-state index in [0.29, 0.717) is 44.3 Å². The van der Waals surface area contributed by atoms with E-state index in [4.69, 9.17) is 21.4 Å². The van der Waals surface area contributed by atoms with Gasteiger partial charge in [0, 0.05) is 32.6 Å². The van der Waals surface area contributed by atoms with Gasteiger partial charge in [-0.15, -0.1) is 0 Å². The fraction of sp³-hybridized carbons (Fsp3) is 0.583. The van der Waals surface area contributed by atoms with E-state index < -0.39 is 5.60 Å². The maximum Gasteiger partial charge on any atom is 0.166 e. The van der Waals surface area contributed by atoms with Gasteiger partial charge in [-0.3, -0.25) is 0 Å². The van der Waals surface area contributed by atoms with Gasteiger partial charge in [0.25, 0.3) is 0 Å². The predicted octanol–water partition coefficient (Wildman–Crippen LogP) is 0.785. The van der Waals surface area contributed by atoms with Crippen LogP contribution in [0.4, 0.5) is 0 Å². The van der Waals surface area contributed by atoms with Crippen LogP contribution in [0.3, 0.4) is 0 Å². The first-order valence-corrected chi connectivity index (χ1v) is 6.43. The number of ether oxygens (including phenoxy) is 1. The normalized spacial score (nSPS) is 18.3. The van der Waals surface area contributed by atoms with E-state index in [1.54, 1.807) is 6.26 Å². The monoisotopic (exact) mass is 270 g/mol. The molecule has 2 heterocycles. The minimum absolute atomic E-state index is 0.445. The average molecular weight is 270 g/mol. The second-order valence-electron chi connectivity index (χ2n) is 4.45. The molecule has 0 bridgehead atoms. The van der Waals surface area contributed by atoms with Crippen LogP contribution in [-0.2, 0) is 11.3 Å². The first-order valence-electron chi connectivity index (χ1n) is 6.02. The zero-order valence-electron chi connectivity index (χ0n) is 10.1. The number of aliphatic hydroxyl groups is 1. The topological polar surface area (TPSA) is 66.7 Å². The highest BCUT2D eigenvalue weighted by molar-refractivity contribution is 7.80. The molecule has 0 radical (unpaired) electrons. The van der Waals surface area contributed by atoms with Crippen LogP contribution in [0.25, 0.3) is 0 Å². The molecule has 1 saturated heterocycles. The third kappa shape index (κ3) is 3.97. The number of hydrogen-bond donors (Lipinski definition) is 3. The van der Waals surface area contributed by atoms with Crippen molar-refractivity contribution in [3.8, 4) is 0 Å². The summed E-state index contributed by atoms with van der Waals surface area (Å²) < 4.78 is 10.4. The number of furan rings is 1. The quantitative estimate of drug-likeness (QED) is 0.703. The molecule has 0 saturated carbocycles. The van der Waals surface area contributed by atoms with Gasteiger partial charge < -0.3 is 24.9 Å². The van der Waals surface area contributed by atoms with Crippen molar-refractivity contribution in [2.45, 2.75) is 25.0 Å². The molecule has 0 amide bonds. The Bertz CT molecular complexity index is 375. The van der Waals surface area contributed by atoms with E-state index in [9.17, 15) is 5.11 Å². The maximum atomic E-state index is 10.2. The van der Waals surface area contributed by atoms with E-state index in [1.165, 1.54) is 0 Å². The minimum Gasteiger partial charge on any atom is -0.467 e. The summed E-state index contributed by atoms with van der Waals surface area (Å²) in [6.07, 6.45) is 2.90. The van der Waals surface area contributed by atoms with E-state index in [2.05, 4.69) is 10.6 Å². The average Bonchev–Trinajstić information content (AvgIpc) is 2.88. The van der Waals surface area contributed by atoms with E-state index >= 15 is 0 Å². The highest BCUT2D eigenvalue weighted by Gasteiger charge is 2.29. The van der Waals surface area contributed by atoms with Gasteiger partial charge in [-0.05, 0) is 24.4 Å². The van der Waals surface area contributed by atoms with Gasteiger partial charge in [0.05, 0.1) is 18.4 Å². The molecule has 18 heavy (non-hydrogen) atoms. The Labute approximate surface area is 112 Å². The van der Waals surface area contributed by atoms with E-state index in [0.717, 1.165) is 5.76 Å². The molecule has 0 aromatic carbocycles. The summed E-state index contributed by atoms with van der Waals surface area (Å²) in [4.78, 5) is 0. The molecule has 1 aromatic heterocycles. The molecule has 100 valence electrons. The first kappa shape index (κ1) is 13.3. The van der Waals surface area contributed by atoms with Crippen molar-refractivity contribution in [2.75, 3.05) is 19.8 Å². The molecule has 1 fully saturated rings. The molecular formula is C12H18N2O3S. The fourth-order valence-electron chi connectivity index (χ4n) is 1.82. The number of thiocarbonyl (C=S) groups is 1. The van der Waals surface area contributed by atoms with Crippen LogP contribution in [0.5, 0.6) is 0 Å². The zero-order valence-corrected chi connectivity index (χ0v) is 11.0. The van der Waals surface area contributed by atoms with Gasteiger partial charge in [0.2, 0.25) is 0 Å². The summed E-state index contributed by atoms with van der Waals surface area (Å²) in [5.74, 6) is 0.823. The summed E-state index contributed by atoms with van der Waals surface area (Å²) in [5.41, 5.74) is -0.714. The molecule has 3 N–H and O–H groups in total. The van der Waals surface area contributed by atoms with Crippen molar-refractivity contribution >= 4 is 17.3 Å². The Hall–Kier alpha value is -1.11. The van der Waals surface area contributed by atoms with Gasteiger partial charge in [-0.25, -0.2) is 0 Å². The molecule has 0 spiro atoms. The van der Waals surface area contributed by atoms with E-state index in [-0.39, 0.29) is 0 Å². The molecule has 0 aliphatic carbocycles. The lowest BCUT2D eigenvalue weighted by atomic mass is 9.94. The molecular weight excluding hydrogens is 252 g/mol. The highest BCUT2D eigenvalue weighted by atomic mass is 32.1. The molecule has 6 heteroatoms. The van der Waals surface area contributed by atoms with Crippen LogP contribution in [0.15, 0.2) is 22.8 Å². The Balaban J connectivity index is 1.68. The van der Waals surface area contributed by atoms with E-state index in [1.807, 2.05) is 12.1 Å². The van der Waals surface area contributed by atoms with Gasteiger partial charge in [-0.1, -0.05) is 0 Å². The molecule has 5 nitrogen and oxygen atoms in total. The lowest BCUT2D eigenvalue weighted by Gasteiger charge is -2.32. The minimum atomic E-state index is -0.714. The lowest BCUT2D eigenvalue weighted by Crippen LogP contribution is -2.48. The largest absolute Gasteiger partial charge is 0.467 e. The standard InChI is InChI=1S/C12H18N2O3S/c15-12(3-6-16-7-4-12)9-14-11(18)13-8-10-2-1-5-17-10/h1-2,5,15H,3-4,6-9H2,(H2,13,14,18). The third-order valence-electron chi connectivity index (χ3n) is 3.00. The fourth-order valence-corrected chi connectivity index (χ4v) is 1.96. The van der Waals surface area contributed by atoms with Crippen molar-refractivity contribution < 1.29 is 14.3 Å². The second-order valence-corrected chi connectivity index (χ2v) is 4.86. The number of rotatable bonds is 4. The number of nitrogens with one attached hydrogen (secondary N) is 2. The first-order chi connectivity index (χ1) is 8.68. The van der Waals surface area contributed by atoms with Gasteiger partial charge in [0.1, 0.15) is 5.76 Å². The van der Waals surface area contributed by atoms with Crippen LogP contribution in [-0.4, -0.2) is 35.6 Å². The van der Waals surface area contributed by atoms with Crippen LogP contribution in [0.2, 0.25) is 0 Å². The van der Waals surface area contributed by atoms with Crippen molar-refractivity contribution in [3.63, 3.8) is 0 Å². The van der Waals surface area contributed by atoms with Crippen molar-refractivity contribution in [1.29, 1.82) is 0 Å². The highest BCUT2D eigenvalue weighted by Crippen LogP contribution is 2.19. The summed E-state index contributed by atoms with van der Waals surface area (Å²) in [6, 6.07) is 3.71. The summed E-state index contributed by atoms with van der Waals surface area (Å²) in [5, 5.41) is 16.8. The molecule has 0 atom stereocenters. The van der Waals surface area contributed by atoms with Crippen LogP contribution in [0.1, 0.15) is 18.6 Å². The summed E-state index contributed by atoms with van der Waals surface area (Å²) >= 11 is 5.14. The molecule has 0 unspecified atom stereocenters. The smallest absolute Gasteiger partial charge is 0.166 e. The second kappa shape index (κ2) is 6.17. The zero-order chi connectivity index (χ0) is 12.8. The lowest BCUT2D eigenvalue weighted by molar-refractivity contribution is -0.0593. The SMILES string of the molecule is OC1(CNC(=S)NCc2ccco2)CCOCC1. The number of hydrogen-bond acceptors (Lipinski definition) is 4. The molecule has 1 aliphatic heterocycles. The Morgan fingerprint density at radius 2 is 2.17 bits per heavy atom. The Morgan fingerprint density at radius 3 is 2.83 bits per heavy atom. The predicted molar refractivity (Wildman–Crippen MR) is 71.2 cm³/mol. The van der Waals surface area contributed by atoms with Crippen LogP contribution >= 0.6 is 12.2 Å². The molecule has 2 rings (SSSR count). The van der Waals surface area contributed by atoms with Crippen molar-refractivity contribution in [1.82, 2.24) is 10.6 Å². The summed E-state index contributed by atoms with van der Waals surface area (Å²) in [6.45, 7) is 2.19. The molecule has 1 aliphatic rings. The summed E-state index contributed by atoms with van der Waals surface area (Å²) in [7, 11) is 0. The third-order valence-corrected chi connectivity index (χ3v) is 3.29. The van der Waals surface area contributed by atoms with Gasteiger partial charge >= 0.3 is 0 Å². The molecule has 1 aromatic rings. The van der Waals surface area contributed by atoms with Gasteiger partial charge in [-0.2, -0.15) is 0 Å².